The van der Waals surface area contributed by atoms with E-state index >= 15 is 0 Å². The van der Waals surface area contributed by atoms with Gasteiger partial charge in [0.25, 0.3) is 0 Å². The Balaban J connectivity index is 0.00000288. The largest absolute Gasteiger partial charge is 1.00 e. The second kappa shape index (κ2) is 10.0. The summed E-state index contributed by atoms with van der Waals surface area (Å²) in [6.45, 7) is 10.2. The van der Waals surface area contributed by atoms with Gasteiger partial charge in [0, 0.05) is 25.2 Å². The van der Waals surface area contributed by atoms with Gasteiger partial charge in [0.15, 0.2) is 0 Å². The molecule has 1 atom stereocenters. The summed E-state index contributed by atoms with van der Waals surface area (Å²) in [5.74, 6) is 0.121. The second-order valence-corrected chi connectivity index (χ2v) is 6.37. The van der Waals surface area contributed by atoms with Gasteiger partial charge in [0.05, 0.1) is 6.04 Å². The van der Waals surface area contributed by atoms with Crippen LogP contribution in [0.5, 0.6) is 0 Å². The summed E-state index contributed by atoms with van der Waals surface area (Å²) >= 11 is 0. The van der Waals surface area contributed by atoms with Crippen LogP contribution in [0.3, 0.4) is 0 Å². The van der Waals surface area contributed by atoms with Crippen molar-refractivity contribution in [1.29, 1.82) is 0 Å². The van der Waals surface area contributed by atoms with E-state index in [1.807, 2.05) is 13.0 Å². The zero-order valence-corrected chi connectivity index (χ0v) is 15.8. The molecule has 0 aromatic heterocycles. The predicted molar refractivity (Wildman–Crippen MR) is 93.6 cm³/mol. The highest BCUT2D eigenvalue weighted by Gasteiger charge is 2.35. The van der Waals surface area contributed by atoms with Gasteiger partial charge < -0.3 is 22.5 Å². The maximum atomic E-state index is 12.5. The van der Waals surface area contributed by atoms with E-state index in [2.05, 4.69) is 48.3 Å². The van der Waals surface area contributed by atoms with Crippen LogP contribution in [0.15, 0.2) is 30.3 Å². The van der Waals surface area contributed by atoms with Crippen molar-refractivity contribution in [2.45, 2.75) is 45.1 Å². The third kappa shape index (κ3) is 4.95. The van der Waals surface area contributed by atoms with E-state index in [0.717, 1.165) is 39.1 Å². The fourth-order valence-corrected chi connectivity index (χ4v) is 3.46. The van der Waals surface area contributed by atoms with Gasteiger partial charge in [-0.15, -0.1) is 0 Å². The van der Waals surface area contributed by atoms with Crippen LogP contribution in [0.2, 0.25) is 0 Å². The first-order valence-electron chi connectivity index (χ1n) is 8.78. The average Bonchev–Trinajstić information content (AvgIpc) is 2.62. The molecule has 5 heteroatoms. The number of benzene rings is 1. The van der Waals surface area contributed by atoms with Gasteiger partial charge in [-0.3, -0.25) is 9.69 Å². The Kier molecular flexibility index (Phi) is 8.74. The maximum absolute atomic E-state index is 12.5. The molecule has 136 valence electrons. The summed E-state index contributed by atoms with van der Waals surface area (Å²) in [4.78, 5) is 14.7. The van der Waals surface area contributed by atoms with Crippen LogP contribution in [-0.2, 0) is 14.9 Å². The number of carbonyl (C=O) groups is 1. The maximum Gasteiger partial charge on any atom is 0.237 e. The molecule has 1 N–H and O–H groups in total. The van der Waals surface area contributed by atoms with Gasteiger partial charge in [-0.2, -0.15) is 0 Å². The molecule has 0 spiro atoms. The molecule has 1 amide bonds. The third-order valence-corrected chi connectivity index (χ3v) is 5.18. The number of ether oxygens (including phenoxy) is 1. The lowest BCUT2D eigenvalue weighted by Gasteiger charge is -2.38. The third-order valence-electron chi connectivity index (χ3n) is 5.18. The zero-order chi connectivity index (χ0) is 16.7. The van der Waals surface area contributed by atoms with Crippen molar-refractivity contribution in [3.8, 4) is 0 Å². The lowest BCUT2D eigenvalue weighted by atomic mass is 9.74. The van der Waals surface area contributed by atoms with Crippen molar-refractivity contribution in [2.24, 2.45) is 0 Å². The van der Waals surface area contributed by atoms with Gasteiger partial charge in [-0.1, -0.05) is 44.2 Å². The summed E-state index contributed by atoms with van der Waals surface area (Å²) in [7, 11) is 0. The SMILES string of the molecule is CCN(CC)C(C)C(=O)NCC1(c2ccccc2)CCOCC1.[Cl-]. The van der Waals surface area contributed by atoms with E-state index in [-0.39, 0.29) is 29.8 Å². The number of rotatable bonds is 7. The Morgan fingerprint density at radius 2 is 1.79 bits per heavy atom. The first-order valence-corrected chi connectivity index (χ1v) is 8.78. The highest BCUT2D eigenvalue weighted by molar-refractivity contribution is 5.81. The number of amides is 1. The molecule has 1 aliphatic rings. The summed E-state index contributed by atoms with van der Waals surface area (Å²) in [5, 5.41) is 3.20. The van der Waals surface area contributed by atoms with Crippen molar-refractivity contribution in [3.63, 3.8) is 0 Å². The van der Waals surface area contributed by atoms with Gasteiger partial charge in [0.2, 0.25) is 5.91 Å². The minimum atomic E-state index is -0.0855. The Morgan fingerprint density at radius 3 is 2.33 bits per heavy atom. The summed E-state index contributed by atoms with van der Waals surface area (Å²) in [6, 6.07) is 10.5. The number of likely N-dealkylation sites (N-methyl/N-ethyl adjacent to an activating group) is 1. The Morgan fingerprint density at radius 1 is 1.21 bits per heavy atom. The Labute approximate surface area is 152 Å². The van der Waals surface area contributed by atoms with Crippen molar-refractivity contribution in [3.05, 3.63) is 35.9 Å². The molecule has 1 aromatic carbocycles. The van der Waals surface area contributed by atoms with E-state index in [9.17, 15) is 4.79 Å². The molecule has 1 unspecified atom stereocenters. The minimum absolute atomic E-state index is 0. The number of nitrogens with zero attached hydrogens (tertiary/aromatic N) is 1. The number of hydrogen-bond donors (Lipinski definition) is 1. The van der Waals surface area contributed by atoms with Gasteiger partial charge in [-0.25, -0.2) is 0 Å². The molecular weight excluding hydrogens is 324 g/mol. The zero-order valence-electron chi connectivity index (χ0n) is 15.1. The molecule has 0 bridgehead atoms. The lowest BCUT2D eigenvalue weighted by Crippen LogP contribution is -3.00. The molecule has 1 saturated heterocycles. The van der Waals surface area contributed by atoms with Gasteiger partial charge in [-0.05, 0) is 38.4 Å². The summed E-state index contributed by atoms with van der Waals surface area (Å²) < 4.78 is 5.55. The smallest absolute Gasteiger partial charge is 0.237 e. The fourth-order valence-electron chi connectivity index (χ4n) is 3.46. The number of hydrogen-bond acceptors (Lipinski definition) is 3. The van der Waals surface area contributed by atoms with Crippen LogP contribution in [0.25, 0.3) is 0 Å². The van der Waals surface area contributed by atoms with Gasteiger partial charge in [0.1, 0.15) is 0 Å². The van der Waals surface area contributed by atoms with Gasteiger partial charge >= 0.3 is 0 Å². The topological polar surface area (TPSA) is 41.6 Å². The molecule has 1 aliphatic heterocycles. The lowest BCUT2D eigenvalue weighted by molar-refractivity contribution is -0.126. The van der Waals surface area contributed by atoms with Crippen molar-refractivity contribution >= 4 is 5.91 Å². The summed E-state index contributed by atoms with van der Waals surface area (Å²) in [5.41, 5.74) is 1.30. The molecule has 4 nitrogen and oxygen atoms in total. The minimum Gasteiger partial charge on any atom is -1.00 e. The number of nitrogens with one attached hydrogen (secondary N) is 1. The number of carbonyl (C=O) groups excluding carboxylic acids is 1. The van der Waals surface area contributed by atoms with Crippen LogP contribution in [-0.4, -0.2) is 49.7 Å². The van der Waals surface area contributed by atoms with E-state index in [1.165, 1.54) is 5.56 Å². The highest BCUT2D eigenvalue weighted by Crippen LogP contribution is 2.34. The predicted octanol–water partition coefficient (Wildman–Crippen LogP) is -0.415. The quantitative estimate of drug-likeness (QED) is 0.724. The van der Waals surface area contributed by atoms with Crippen LogP contribution < -0.4 is 17.7 Å². The fraction of sp³-hybridized carbons (Fsp3) is 0.632. The van der Waals surface area contributed by atoms with Crippen molar-refractivity contribution in [1.82, 2.24) is 10.2 Å². The van der Waals surface area contributed by atoms with Crippen LogP contribution >= 0.6 is 0 Å². The molecular formula is C19H30ClN2O2-. The molecule has 1 aromatic rings. The molecule has 0 saturated carbocycles. The van der Waals surface area contributed by atoms with Crippen molar-refractivity contribution in [2.75, 3.05) is 32.8 Å². The van der Waals surface area contributed by atoms with E-state index in [0.29, 0.717) is 6.54 Å². The van der Waals surface area contributed by atoms with Crippen molar-refractivity contribution < 1.29 is 21.9 Å². The molecule has 1 heterocycles. The van der Waals surface area contributed by atoms with E-state index < -0.39 is 0 Å². The van der Waals surface area contributed by atoms with E-state index in [4.69, 9.17) is 4.74 Å². The highest BCUT2D eigenvalue weighted by atomic mass is 35.5. The molecule has 1 fully saturated rings. The Bertz CT molecular complexity index is 485. The molecule has 0 radical (unpaired) electrons. The first-order chi connectivity index (χ1) is 11.1. The van der Waals surface area contributed by atoms with Crippen LogP contribution in [0, 0.1) is 0 Å². The monoisotopic (exact) mass is 353 g/mol. The number of halogens is 1. The standard InChI is InChI=1S/C19H30N2O2.ClH/c1-4-21(5-2)16(3)18(22)20-15-19(11-13-23-14-12-19)17-9-7-6-8-10-17;/h6-10,16H,4-5,11-15H2,1-3H3,(H,20,22);1H/p-1. The summed E-state index contributed by atoms with van der Waals surface area (Å²) in [6.07, 6.45) is 1.91. The second-order valence-electron chi connectivity index (χ2n) is 6.37. The molecule has 24 heavy (non-hydrogen) atoms. The molecule has 2 rings (SSSR count). The van der Waals surface area contributed by atoms with Crippen LogP contribution in [0.4, 0.5) is 0 Å². The Hall–Kier alpha value is -1.10. The first kappa shape index (κ1) is 20.9. The van der Waals surface area contributed by atoms with Crippen LogP contribution in [0.1, 0.15) is 39.2 Å². The normalized spacial score (nSPS) is 17.8. The molecule has 0 aliphatic carbocycles. The average molecular weight is 354 g/mol. The van der Waals surface area contributed by atoms with E-state index in [1.54, 1.807) is 0 Å².